The van der Waals surface area contributed by atoms with Gasteiger partial charge in [-0.1, -0.05) is 12.1 Å². The summed E-state index contributed by atoms with van der Waals surface area (Å²) in [7, 11) is -3.93. The first-order chi connectivity index (χ1) is 13.4. The number of aromatic nitrogens is 1. The summed E-state index contributed by atoms with van der Waals surface area (Å²) in [5.74, 6) is -0.594. The maximum Gasteiger partial charge on any atom is 0.261 e. The second-order valence-electron chi connectivity index (χ2n) is 5.93. The van der Waals surface area contributed by atoms with Gasteiger partial charge in [-0.25, -0.2) is 8.42 Å². The summed E-state index contributed by atoms with van der Waals surface area (Å²) in [6.07, 6.45) is 2.98. The molecular formula is C20H17N3O4S. The van der Waals surface area contributed by atoms with E-state index < -0.39 is 10.0 Å². The highest BCUT2D eigenvalue weighted by molar-refractivity contribution is 7.92. The maximum atomic E-state index is 12.7. The molecule has 8 heteroatoms. The van der Waals surface area contributed by atoms with Crippen molar-refractivity contribution in [2.24, 2.45) is 0 Å². The smallest absolute Gasteiger partial charge is 0.261 e. The molecule has 0 bridgehead atoms. The third kappa shape index (κ3) is 4.41. The SMILES string of the molecule is CC(=O)Nc1ccc(S(=O)(=O)Nc2ccccc2C(=O)c2cccnc2)cc1. The number of carbonyl (C=O) groups excluding carboxylic acids is 2. The highest BCUT2D eigenvalue weighted by atomic mass is 32.2. The second-order valence-corrected chi connectivity index (χ2v) is 7.61. The minimum atomic E-state index is -3.93. The van der Waals surface area contributed by atoms with Crippen molar-refractivity contribution in [1.29, 1.82) is 0 Å². The summed E-state index contributed by atoms with van der Waals surface area (Å²) in [5, 5.41) is 2.57. The lowest BCUT2D eigenvalue weighted by molar-refractivity contribution is -0.114. The average molecular weight is 395 g/mol. The first-order valence-electron chi connectivity index (χ1n) is 8.31. The molecule has 0 saturated carbocycles. The van der Waals surface area contributed by atoms with Gasteiger partial charge in [-0.2, -0.15) is 0 Å². The molecule has 0 atom stereocenters. The Balaban J connectivity index is 1.89. The summed E-state index contributed by atoms with van der Waals surface area (Å²) < 4.78 is 27.9. The Morgan fingerprint density at radius 2 is 1.64 bits per heavy atom. The van der Waals surface area contributed by atoms with Crippen LogP contribution in [0.15, 0.2) is 78.0 Å². The van der Waals surface area contributed by atoms with Gasteiger partial charge in [0.2, 0.25) is 5.91 Å². The highest BCUT2D eigenvalue weighted by Gasteiger charge is 2.19. The Labute approximate surface area is 162 Å². The number of hydrogen-bond donors (Lipinski definition) is 2. The van der Waals surface area contributed by atoms with Crippen molar-refractivity contribution in [2.45, 2.75) is 11.8 Å². The van der Waals surface area contributed by atoms with Gasteiger partial charge in [-0.15, -0.1) is 0 Å². The van der Waals surface area contributed by atoms with Crippen molar-refractivity contribution in [3.63, 3.8) is 0 Å². The Bertz CT molecular complexity index is 1110. The molecule has 7 nitrogen and oxygen atoms in total. The van der Waals surface area contributed by atoms with Crippen LogP contribution < -0.4 is 10.0 Å². The van der Waals surface area contributed by atoms with Crippen LogP contribution >= 0.6 is 0 Å². The van der Waals surface area contributed by atoms with Gasteiger partial charge >= 0.3 is 0 Å². The molecule has 0 aliphatic carbocycles. The average Bonchev–Trinajstić information content (AvgIpc) is 2.68. The molecule has 1 aromatic heterocycles. The van der Waals surface area contributed by atoms with Crippen molar-refractivity contribution >= 4 is 33.1 Å². The molecule has 0 fully saturated rings. The normalized spacial score (nSPS) is 10.9. The van der Waals surface area contributed by atoms with Crippen LogP contribution in [0.3, 0.4) is 0 Å². The lowest BCUT2D eigenvalue weighted by Gasteiger charge is -2.12. The van der Waals surface area contributed by atoms with Crippen molar-refractivity contribution in [3.8, 4) is 0 Å². The van der Waals surface area contributed by atoms with Crippen LogP contribution in [0.5, 0.6) is 0 Å². The molecule has 2 N–H and O–H groups in total. The number of nitrogens with zero attached hydrogens (tertiary/aromatic N) is 1. The molecule has 2 aromatic carbocycles. The van der Waals surface area contributed by atoms with E-state index in [4.69, 9.17) is 0 Å². The van der Waals surface area contributed by atoms with Crippen LogP contribution in [0.25, 0.3) is 0 Å². The number of nitrogens with one attached hydrogen (secondary N) is 2. The van der Waals surface area contributed by atoms with E-state index in [0.717, 1.165) is 0 Å². The molecule has 142 valence electrons. The van der Waals surface area contributed by atoms with Crippen LogP contribution in [-0.4, -0.2) is 25.1 Å². The summed E-state index contributed by atoms with van der Waals surface area (Å²) in [6.45, 7) is 1.36. The molecule has 1 heterocycles. The first-order valence-corrected chi connectivity index (χ1v) is 9.79. The molecule has 0 aliphatic rings. The van der Waals surface area contributed by atoms with E-state index in [0.29, 0.717) is 11.3 Å². The molecule has 1 amide bonds. The number of hydrogen-bond acceptors (Lipinski definition) is 5. The largest absolute Gasteiger partial charge is 0.326 e. The van der Waals surface area contributed by atoms with Crippen LogP contribution in [-0.2, 0) is 14.8 Å². The van der Waals surface area contributed by atoms with E-state index in [9.17, 15) is 18.0 Å². The summed E-state index contributed by atoms with van der Waals surface area (Å²) in [5.41, 5.74) is 1.23. The Morgan fingerprint density at radius 3 is 2.29 bits per heavy atom. The Morgan fingerprint density at radius 1 is 0.929 bits per heavy atom. The highest BCUT2D eigenvalue weighted by Crippen LogP contribution is 2.23. The Hall–Kier alpha value is -3.52. The van der Waals surface area contributed by atoms with Crippen LogP contribution in [0, 0.1) is 0 Å². The zero-order chi connectivity index (χ0) is 20.1. The minimum Gasteiger partial charge on any atom is -0.326 e. The fourth-order valence-electron chi connectivity index (χ4n) is 2.55. The number of benzene rings is 2. The van der Waals surface area contributed by atoms with E-state index in [1.165, 1.54) is 43.5 Å². The van der Waals surface area contributed by atoms with Crippen LogP contribution in [0.2, 0.25) is 0 Å². The second kappa shape index (κ2) is 8.01. The van der Waals surface area contributed by atoms with Gasteiger partial charge in [0.05, 0.1) is 10.6 Å². The standard InChI is InChI=1S/C20H17N3O4S/c1-14(24)22-16-8-10-17(11-9-16)28(26,27)23-19-7-3-2-6-18(19)20(25)15-5-4-12-21-13-15/h2-13,23H,1H3,(H,22,24). The number of sulfonamides is 1. The fourth-order valence-corrected chi connectivity index (χ4v) is 3.63. The van der Waals surface area contributed by atoms with Crippen LogP contribution in [0.1, 0.15) is 22.8 Å². The van der Waals surface area contributed by atoms with Crippen LogP contribution in [0.4, 0.5) is 11.4 Å². The van der Waals surface area contributed by atoms with Gasteiger partial charge in [0.15, 0.2) is 5.78 Å². The topological polar surface area (TPSA) is 105 Å². The van der Waals surface area contributed by atoms with Gasteiger partial charge < -0.3 is 5.32 Å². The number of anilines is 2. The lowest BCUT2D eigenvalue weighted by atomic mass is 10.0. The van der Waals surface area contributed by atoms with E-state index in [1.807, 2.05) is 0 Å². The van der Waals surface area contributed by atoms with Gasteiger partial charge in [-0.3, -0.25) is 19.3 Å². The predicted molar refractivity (Wildman–Crippen MR) is 106 cm³/mol. The minimum absolute atomic E-state index is 0.00484. The summed E-state index contributed by atoms with van der Waals surface area (Å²) in [6, 6.07) is 15.3. The molecular weight excluding hydrogens is 378 g/mol. The van der Waals surface area contributed by atoms with Crippen molar-refractivity contribution in [2.75, 3.05) is 10.0 Å². The van der Waals surface area contributed by atoms with Gasteiger partial charge in [0.1, 0.15) is 0 Å². The number of rotatable bonds is 6. The van der Waals surface area contributed by atoms with E-state index >= 15 is 0 Å². The number of ketones is 1. The number of carbonyl (C=O) groups is 2. The quantitative estimate of drug-likeness (QED) is 0.624. The third-order valence-electron chi connectivity index (χ3n) is 3.82. The summed E-state index contributed by atoms with van der Waals surface area (Å²) >= 11 is 0. The van der Waals surface area contributed by atoms with E-state index in [-0.39, 0.29) is 27.8 Å². The van der Waals surface area contributed by atoms with E-state index in [2.05, 4.69) is 15.0 Å². The molecule has 3 rings (SSSR count). The third-order valence-corrected chi connectivity index (χ3v) is 5.21. The molecule has 0 saturated heterocycles. The monoisotopic (exact) mass is 395 g/mol. The lowest BCUT2D eigenvalue weighted by Crippen LogP contribution is -2.16. The first kappa shape index (κ1) is 19.2. The zero-order valence-electron chi connectivity index (χ0n) is 14.9. The molecule has 3 aromatic rings. The molecule has 0 aliphatic heterocycles. The number of amides is 1. The molecule has 0 spiro atoms. The number of para-hydroxylation sites is 1. The molecule has 0 radical (unpaired) electrons. The summed E-state index contributed by atoms with van der Waals surface area (Å²) in [4.78, 5) is 27.7. The van der Waals surface area contributed by atoms with Crippen molar-refractivity contribution in [3.05, 3.63) is 84.2 Å². The predicted octanol–water partition coefficient (Wildman–Crippen LogP) is 3.07. The van der Waals surface area contributed by atoms with E-state index in [1.54, 1.807) is 36.5 Å². The fraction of sp³-hybridized carbons (Fsp3) is 0.0500. The van der Waals surface area contributed by atoms with Gasteiger partial charge in [-0.05, 0) is 48.5 Å². The van der Waals surface area contributed by atoms with Crippen molar-refractivity contribution < 1.29 is 18.0 Å². The number of pyridine rings is 1. The molecule has 0 unspecified atom stereocenters. The Kier molecular flexibility index (Phi) is 5.51. The van der Waals surface area contributed by atoms with Crippen molar-refractivity contribution in [1.82, 2.24) is 4.98 Å². The molecule has 28 heavy (non-hydrogen) atoms. The zero-order valence-corrected chi connectivity index (χ0v) is 15.7. The van der Waals surface area contributed by atoms with Gasteiger partial charge in [0, 0.05) is 36.1 Å². The van der Waals surface area contributed by atoms with Gasteiger partial charge in [0.25, 0.3) is 10.0 Å². The maximum absolute atomic E-state index is 12.7.